The van der Waals surface area contributed by atoms with Crippen molar-refractivity contribution in [3.8, 4) is 0 Å². The lowest BCUT2D eigenvalue weighted by atomic mass is 10.1. The molecule has 3 rings (SSSR count). The van der Waals surface area contributed by atoms with Gasteiger partial charge in [-0.3, -0.25) is 0 Å². The first-order chi connectivity index (χ1) is 14.4. The smallest absolute Gasteiger partial charge is 0.0222 e. The van der Waals surface area contributed by atoms with Crippen LogP contribution in [0.3, 0.4) is 0 Å². The second kappa shape index (κ2) is 16.5. The van der Waals surface area contributed by atoms with Crippen LogP contribution in [0, 0.1) is 5.92 Å². The Morgan fingerprint density at radius 1 is 0.933 bits per heavy atom. The highest BCUT2D eigenvalue weighted by Crippen LogP contribution is 2.05. The number of H-pyrrole nitrogens is 1. The molecule has 30 heavy (non-hydrogen) atoms. The summed E-state index contributed by atoms with van der Waals surface area (Å²) >= 11 is 0. The maximum atomic E-state index is 3.45. The van der Waals surface area contributed by atoms with Gasteiger partial charge in [0.1, 0.15) is 0 Å². The Bertz CT molecular complexity index is 530. The molecule has 3 heterocycles. The van der Waals surface area contributed by atoms with Gasteiger partial charge in [-0.1, -0.05) is 47.6 Å². The minimum atomic E-state index is 0.565. The second-order valence-electron chi connectivity index (χ2n) is 9.21. The van der Waals surface area contributed by atoms with Crippen molar-refractivity contribution in [2.24, 2.45) is 5.92 Å². The Kier molecular flexibility index (Phi) is 14.8. The van der Waals surface area contributed by atoms with Crippen LogP contribution in [0.2, 0.25) is 0 Å². The number of nitrogens with one attached hydrogen (secondary N) is 6. The van der Waals surface area contributed by atoms with Crippen LogP contribution in [0.15, 0.2) is 30.1 Å². The molecule has 1 unspecified atom stereocenters. The molecule has 6 nitrogen and oxygen atoms in total. The number of hydrogen-bond donors (Lipinski definition) is 6. The highest BCUT2D eigenvalue weighted by Gasteiger charge is 2.13. The summed E-state index contributed by atoms with van der Waals surface area (Å²) in [5, 5.41) is 16.8. The topological polar surface area (TPSA) is 75.9 Å². The fraction of sp³-hybridized carbons (Fsp3) is 0.750. The van der Waals surface area contributed by atoms with Crippen LogP contribution in [0.25, 0.3) is 0 Å². The van der Waals surface area contributed by atoms with Crippen molar-refractivity contribution in [1.82, 2.24) is 31.6 Å². The molecular formula is C24H48N6. The van der Waals surface area contributed by atoms with Crippen LogP contribution >= 0.6 is 0 Å². The summed E-state index contributed by atoms with van der Waals surface area (Å²) in [5.41, 5.74) is 2.81. The van der Waals surface area contributed by atoms with Crippen LogP contribution < -0.4 is 26.6 Å². The molecule has 1 atom stereocenters. The fourth-order valence-electron chi connectivity index (χ4n) is 3.07. The lowest BCUT2D eigenvalue weighted by molar-refractivity contribution is 0.477. The molecule has 2 aliphatic rings. The summed E-state index contributed by atoms with van der Waals surface area (Å²) in [5.74, 6) is 0.877. The largest absolute Gasteiger partial charge is 0.367 e. The van der Waals surface area contributed by atoms with E-state index in [1.807, 2.05) is 12.4 Å². The van der Waals surface area contributed by atoms with Crippen molar-refractivity contribution in [3.05, 3.63) is 35.7 Å². The first-order valence-corrected chi connectivity index (χ1v) is 11.8. The molecule has 0 saturated carbocycles. The summed E-state index contributed by atoms with van der Waals surface area (Å²) in [6, 6.07) is 3.88. The molecule has 0 bridgehead atoms. The van der Waals surface area contributed by atoms with Crippen LogP contribution in [-0.2, 0) is 6.54 Å². The first kappa shape index (κ1) is 26.9. The lowest BCUT2D eigenvalue weighted by Gasteiger charge is -2.11. The van der Waals surface area contributed by atoms with Gasteiger partial charge in [0.15, 0.2) is 0 Å². The number of hydrogen-bond acceptors (Lipinski definition) is 5. The minimum Gasteiger partial charge on any atom is -0.367 e. The molecule has 6 N–H and O–H groups in total. The van der Waals surface area contributed by atoms with Crippen molar-refractivity contribution < 1.29 is 0 Å². The van der Waals surface area contributed by atoms with Crippen molar-refractivity contribution in [3.63, 3.8) is 0 Å². The van der Waals surface area contributed by atoms with Gasteiger partial charge in [0.25, 0.3) is 0 Å². The highest BCUT2D eigenvalue weighted by atomic mass is 15.0. The third-order valence-electron chi connectivity index (χ3n) is 4.98. The summed E-state index contributed by atoms with van der Waals surface area (Å²) < 4.78 is 0. The Morgan fingerprint density at radius 2 is 1.63 bits per heavy atom. The maximum absolute atomic E-state index is 3.45. The Balaban J connectivity index is 0.000000225. The van der Waals surface area contributed by atoms with Gasteiger partial charge in [-0.05, 0) is 49.2 Å². The van der Waals surface area contributed by atoms with Crippen LogP contribution in [0.4, 0.5) is 0 Å². The van der Waals surface area contributed by atoms with Crippen molar-refractivity contribution >= 4 is 0 Å². The molecule has 6 heteroatoms. The third-order valence-corrected chi connectivity index (χ3v) is 4.98. The molecule has 1 fully saturated rings. The zero-order valence-electron chi connectivity index (χ0n) is 20.3. The fourth-order valence-corrected chi connectivity index (χ4v) is 3.07. The minimum absolute atomic E-state index is 0.565. The van der Waals surface area contributed by atoms with E-state index in [1.165, 1.54) is 37.2 Å². The zero-order valence-corrected chi connectivity index (χ0v) is 20.3. The van der Waals surface area contributed by atoms with E-state index in [0.29, 0.717) is 18.1 Å². The van der Waals surface area contributed by atoms with E-state index < -0.39 is 0 Å². The van der Waals surface area contributed by atoms with Gasteiger partial charge in [-0.2, -0.15) is 0 Å². The van der Waals surface area contributed by atoms with Crippen LogP contribution in [0.5, 0.6) is 0 Å². The molecule has 0 aliphatic carbocycles. The molecule has 0 radical (unpaired) electrons. The summed E-state index contributed by atoms with van der Waals surface area (Å²) in [4.78, 5) is 3.01. The van der Waals surface area contributed by atoms with Gasteiger partial charge in [-0.25, -0.2) is 0 Å². The van der Waals surface area contributed by atoms with E-state index in [0.717, 1.165) is 32.1 Å². The van der Waals surface area contributed by atoms with Crippen LogP contribution in [-0.4, -0.2) is 62.4 Å². The monoisotopic (exact) mass is 420 g/mol. The van der Waals surface area contributed by atoms with Gasteiger partial charge in [0.2, 0.25) is 0 Å². The zero-order chi connectivity index (χ0) is 22.2. The SMILES string of the molecule is CC(C)NCC1=CCNC1.CC(C)NCC1CCNC1.CC(C)NCc1cc[nH]c1. The summed E-state index contributed by atoms with van der Waals surface area (Å²) in [6.07, 6.45) is 7.56. The predicted molar refractivity (Wildman–Crippen MR) is 131 cm³/mol. The standard InChI is InChI=1S/C8H18N2.C8H16N2.C8H14N2/c3*1-7(2)10-6-8-3-4-9-5-8/h7-10H,3-6H2,1-2H3;3,7,9-10H,4-6H2,1-2H3;3-5,7,9-10H,6H2,1-2H3. The molecule has 0 spiro atoms. The summed E-state index contributed by atoms with van der Waals surface area (Å²) in [7, 11) is 0. The van der Waals surface area contributed by atoms with Crippen molar-refractivity contribution in [2.75, 3.05) is 39.3 Å². The normalized spacial score (nSPS) is 18.3. The predicted octanol–water partition coefficient (Wildman–Crippen LogP) is 2.62. The Labute approximate surface area is 185 Å². The molecular weight excluding hydrogens is 372 g/mol. The Hall–Kier alpha value is -1.18. The van der Waals surface area contributed by atoms with E-state index in [4.69, 9.17) is 0 Å². The molecule has 2 aliphatic heterocycles. The molecule has 0 aromatic carbocycles. The van der Waals surface area contributed by atoms with E-state index in [9.17, 15) is 0 Å². The molecule has 174 valence electrons. The average Bonchev–Trinajstić information content (AvgIpc) is 3.48. The first-order valence-electron chi connectivity index (χ1n) is 11.8. The van der Waals surface area contributed by atoms with E-state index >= 15 is 0 Å². The average molecular weight is 421 g/mol. The lowest BCUT2D eigenvalue weighted by Crippen LogP contribution is -2.29. The van der Waals surface area contributed by atoms with E-state index in [-0.39, 0.29) is 0 Å². The van der Waals surface area contributed by atoms with Gasteiger partial charge in [0, 0.05) is 56.7 Å². The number of aromatic nitrogens is 1. The summed E-state index contributed by atoms with van der Waals surface area (Å²) in [6.45, 7) is 20.8. The van der Waals surface area contributed by atoms with Crippen molar-refractivity contribution in [1.29, 1.82) is 0 Å². The van der Waals surface area contributed by atoms with Gasteiger partial charge >= 0.3 is 0 Å². The molecule has 1 aromatic rings. The molecule has 1 saturated heterocycles. The molecule has 1 aromatic heterocycles. The van der Waals surface area contributed by atoms with E-state index in [2.05, 4.69) is 85.3 Å². The second-order valence-corrected chi connectivity index (χ2v) is 9.21. The van der Waals surface area contributed by atoms with Gasteiger partial charge < -0.3 is 31.6 Å². The molecule has 0 amide bonds. The van der Waals surface area contributed by atoms with Gasteiger partial charge in [0.05, 0.1) is 0 Å². The Morgan fingerprint density at radius 3 is 2.13 bits per heavy atom. The van der Waals surface area contributed by atoms with Gasteiger partial charge in [-0.15, -0.1) is 0 Å². The highest BCUT2D eigenvalue weighted by molar-refractivity contribution is 5.12. The third kappa shape index (κ3) is 14.7. The number of rotatable bonds is 9. The van der Waals surface area contributed by atoms with Crippen molar-refractivity contribution in [2.45, 2.75) is 72.6 Å². The quantitative estimate of drug-likeness (QED) is 0.346. The maximum Gasteiger partial charge on any atom is 0.0222 e. The number of aromatic amines is 1. The van der Waals surface area contributed by atoms with Crippen LogP contribution in [0.1, 0.15) is 53.5 Å². The van der Waals surface area contributed by atoms with E-state index in [1.54, 1.807) is 0 Å².